The minimum absolute atomic E-state index is 0.0629. The van der Waals surface area contributed by atoms with Crippen molar-refractivity contribution in [2.24, 2.45) is 0 Å². The van der Waals surface area contributed by atoms with Crippen molar-refractivity contribution in [2.75, 3.05) is 38.2 Å². The van der Waals surface area contributed by atoms with Crippen LogP contribution in [0.2, 0.25) is 0 Å². The first-order valence-electron chi connectivity index (χ1n) is 10.6. The van der Waals surface area contributed by atoms with E-state index in [-0.39, 0.29) is 5.91 Å². The van der Waals surface area contributed by atoms with E-state index in [1.165, 1.54) is 31.5 Å². The Morgan fingerprint density at radius 2 is 1.66 bits per heavy atom. The van der Waals surface area contributed by atoms with Crippen LogP contribution in [0.5, 0.6) is 0 Å². The average molecular weight is 457 g/mol. The standard InChI is InChI=1S/C24H29BrN2O2/c25-21-7-5-20(6-8-21)24(12-17-29-18-13-24)23(28)26-22-9-3-19(4-10-22)11-16-27-14-1-2-15-27/h3-10H,1-2,11-18H2,(H,26,28). The fourth-order valence-corrected chi connectivity index (χ4v) is 4.70. The molecule has 2 heterocycles. The summed E-state index contributed by atoms with van der Waals surface area (Å²) in [7, 11) is 0. The molecule has 0 unspecified atom stereocenters. The second kappa shape index (κ2) is 9.41. The molecular weight excluding hydrogens is 428 g/mol. The summed E-state index contributed by atoms with van der Waals surface area (Å²) in [6.07, 6.45) is 5.13. The number of anilines is 1. The lowest BCUT2D eigenvalue weighted by Crippen LogP contribution is -2.44. The largest absolute Gasteiger partial charge is 0.381 e. The molecule has 2 aliphatic rings. The van der Waals surface area contributed by atoms with E-state index in [0.717, 1.165) is 28.7 Å². The fraction of sp³-hybridized carbons (Fsp3) is 0.458. The van der Waals surface area contributed by atoms with Crippen LogP contribution in [0.4, 0.5) is 5.69 Å². The molecule has 0 bridgehead atoms. The van der Waals surface area contributed by atoms with E-state index in [0.29, 0.717) is 26.1 Å². The van der Waals surface area contributed by atoms with Gasteiger partial charge in [-0.3, -0.25) is 4.79 Å². The van der Waals surface area contributed by atoms with Crippen LogP contribution in [0.15, 0.2) is 53.0 Å². The highest BCUT2D eigenvalue weighted by atomic mass is 79.9. The number of hydrogen-bond donors (Lipinski definition) is 1. The quantitative estimate of drug-likeness (QED) is 0.679. The SMILES string of the molecule is O=C(Nc1ccc(CCN2CCCC2)cc1)C1(c2ccc(Br)cc2)CCOCC1. The van der Waals surface area contributed by atoms with Crippen LogP contribution in [0.3, 0.4) is 0 Å². The molecule has 2 aliphatic heterocycles. The Morgan fingerprint density at radius 3 is 2.31 bits per heavy atom. The fourth-order valence-electron chi connectivity index (χ4n) is 4.43. The van der Waals surface area contributed by atoms with Crippen molar-refractivity contribution in [2.45, 2.75) is 37.5 Å². The number of benzene rings is 2. The van der Waals surface area contributed by atoms with Gasteiger partial charge in [0.15, 0.2) is 0 Å². The van der Waals surface area contributed by atoms with E-state index in [9.17, 15) is 4.79 Å². The summed E-state index contributed by atoms with van der Waals surface area (Å²) in [6, 6.07) is 16.5. The Kier molecular flexibility index (Phi) is 6.68. The molecule has 0 aliphatic carbocycles. The molecule has 2 fully saturated rings. The highest BCUT2D eigenvalue weighted by molar-refractivity contribution is 9.10. The minimum atomic E-state index is -0.534. The topological polar surface area (TPSA) is 41.6 Å². The number of halogens is 1. The Hall–Kier alpha value is -1.69. The van der Waals surface area contributed by atoms with Gasteiger partial charge in [0.1, 0.15) is 0 Å². The molecule has 0 aromatic heterocycles. The molecule has 1 N–H and O–H groups in total. The average Bonchev–Trinajstić information content (AvgIpc) is 3.28. The van der Waals surface area contributed by atoms with Gasteiger partial charge in [-0.15, -0.1) is 0 Å². The summed E-state index contributed by atoms with van der Waals surface area (Å²) in [4.78, 5) is 15.9. The summed E-state index contributed by atoms with van der Waals surface area (Å²) in [5, 5.41) is 3.17. The van der Waals surface area contributed by atoms with Crippen molar-refractivity contribution >= 4 is 27.5 Å². The summed E-state index contributed by atoms with van der Waals surface area (Å²) >= 11 is 3.49. The first-order chi connectivity index (χ1) is 14.2. The number of likely N-dealkylation sites (tertiary alicyclic amines) is 1. The Morgan fingerprint density at radius 1 is 1.00 bits per heavy atom. The lowest BCUT2D eigenvalue weighted by atomic mass is 9.73. The van der Waals surface area contributed by atoms with Gasteiger partial charge in [-0.2, -0.15) is 0 Å². The molecule has 5 heteroatoms. The monoisotopic (exact) mass is 456 g/mol. The van der Waals surface area contributed by atoms with E-state index in [4.69, 9.17) is 4.74 Å². The molecule has 2 aromatic carbocycles. The number of nitrogens with zero attached hydrogens (tertiary/aromatic N) is 1. The van der Waals surface area contributed by atoms with Gasteiger partial charge in [0, 0.05) is 29.9 Å². The zero-order valence-electron chi connectivity index (χ0n) is 16.8. The Balaban J connectivity index is 1.43. The normalized spacial score (nSPS) is 19.2. The first kappa shape index (κ1) is 20.6. The van der Waals surface area contributed by atoms with Crippen molar-refractivity contribution in [3.05, 3.63) is 64.1 Å². The molecule has 2 saturated heterocycles. The predicted octanol–water partition coefficient (Wildman–Crippen LogP) is 4.77. The zero-order valence-corrected chi connectivity index (χ0v) is 18.4. The van der Waals surface area contributed by atoms with Crippen molar-refractivity contribution in [3.8, 4) is 0 Å². The van der Waals surface area contributed by atoms with E-state index < -0.39 is 5.41 Å². The molecular formula is C24H29BrN2O2. The maximum atomic E-state index is 13.4. The number of hydrogen-bond acceptors (Lipinski definition) is 3. The van der Waals surface area contributed by atoms with Gasteiger partial charge in [0.05, 0.1) is 5.41 Å². The second-order valence-electron chi connectivity index (χ2n) is 8.15. The van der Waals surface area contributed by atoms with Crippen molar-refractivity contribution in [1.29, 1.82) is 0 Å². The molecule has 154 valence electrons. The summed E-state index contributed by atoms with van der Waals surface area (Å²) < 4.78 is 6.58. The third kappa shape index (κ3) is 4.90. The zero-order chi connectivity index (χ0) is 20.1. The number of amides is 1. The smallest absolute Gasteiger partial charge is 0.235 e. The van der Waals surface area contributed by atoms with E-state index >= 15 is 0 Å². The van der Waals surface area contributed by atoms with Gasteiger partial charge in [0.2, 0.25) is 5.91 Å². The minimum Gasteiger partial charge on any atom is -0.381 e. The van der Waals surface area contributed by atoms with Crippen molar-refractivity contribution < 1.29 is 9.53 Å². The van der Waals surface area contributed by atoms with Crippen LogP contribution in [0.1, 0.15) is 36.8 Å². The number of carbonyl (C=O) groups excluding carboxylic acids is 1. The molecule has 2 aromatic rings. The van der Waals surface area contributed by atoms with Gasteiger partial charge in [-0.1, -0.05) is 40.2 Å². The van der Waals surface area contributed by atoms with Gasteiger partial charge in [-0.05, 0) is 80.6 Å². The predicted molar refractivity (Wildman–Crippen MR) is 120 cm³/mol. The molecule has 0 saturated carbocycles. The maximum Gasteiger partial charge on any atom is 0.235 e. The highest BCUT2D eigenvalue weighted by Gasteiger charge is 2.41. The van der Waals surface area contributed by atoms with E-state index in [1.807, 2.05) is 24.3 Å². The number of ether oxygens (including phenoxy) is 1. The first-order valence-corrected chi connectivity index (χ1v) is 11.4. The molecule has 29 heavy (non-hydrogen) atoms. The molecule has 4 rings (SSSR count). The van der Waals surface area contributed by atoms with Crippen molar-refractivity contribution in [1.82, 2.24) is 4.90 Å². The Bertz CT molecular complexity index is 808. The lowest BCUT2D eigenvalue weighted by molar-refractivity contribution is -0.125. The maximum absolute atomic E-state index is 13.4. The molecule has 0 spiro atoms. The third-order valence-corrected chi connectivity index (χ3v) is 6.83. The second-order valence-corrected chi connectivity index (χ2v) is 9.07. The third-order valence-electron chi connectivity index (χ3n) is 6.30. The molecule has 0 radical (unpaired) electrons. The van der Waals surface area contributed by atoms with Crippen LogP contribution in [0.25, 0.3) is 0 Å². The van der Waals surface area contributed by atoms with E-state index in [1.54, 1.807) is 0 Å². The van der Waals surface area contributed by atoms with Crippen LogP contribution >= 0.6 is 15.9 Å². The molecule has 0 atom stereocenters. The summed E-state index contributed by atoms with van der Waals surface area (Å²) in [6.45, 7) is 4.81. The van der Waals surface area contributed by atoms with Crippen LogP contribution in [0, 0.1) is 0 Å². The Labute approximate surface area is 181 Å². The lowest BCUT2D eigenvalue weighted by Gasteiger charge is -2.36. The van der Waals surface area contributed by atoms with Crippen LogP contribution in [-0.2, 0) is 21.4 Å². The van der Waals surface area contributed by atoms with Crippen molar-refractivity contribution in [3.63, 3.8) is 0 Å². The van der Waals surface area contributed by atoms with Gasteiger partial charge in [0.25, 0.3) is 0 Å². The summed E-state index contributed by atoms with van der Waals surface area (Å²) in [5.41, 5.74) is 2.71. The highest BCUT2D eigenvalue weighted by Crippen LogP contribution is 2.36. The molecule has 1 amide bonds. The van der Waals surface area contributed by atoms with Gasteiger partial charge < -0.3 is 15.0 Å². The van der Waals surface area contributed by atoms with Crippen LogP contribution in [-0.4, -0.2) is 43.7 Å². The van der Waals surface area contributed by atoms with Gasteiger partial charge >= 0.3 is 0 Å². The molecule has 4 nitrogen and oxygen atoms in total. The number of nitrogens with one attached hydrogen (secondary N) is 1. The van der Waals surface area contributed by atoms with Gasteiger partial charge in [-0.25, -0.2) is 0 Å². The summed E-state index contributed by atoms with van der Waals surface area (Å²) in [5.74, 6) is 0.0629. The van der Waals surface area contributed by atoms with Crippen LogP contribution < -0.4 is 5.32 Å². The number of rotatable bonds is 6. The number of carbonyl (C=O) groups is 1. The van der Waals surface area contributed by atoms with E-state index in [2.05, 4.69) is 50.4 Å².